The third-order valence-corrected chi connectivity index (χ3v) is 9.44. The van der Waals surface area contributed by atoms with Gasteiger partial charge in [-0.25, -0.2) is 4.57 Å². The van der Waals surface area contributed by atoms with Gasteiger partial charge in [-0.05, 0) is 38.5 Å². The summed E-state index contributed by atoms with van der Waals surface area (Å²) in [6.07, 6.45) is 45.7. The first-order valence-corrected chi connectivity index (χ1v) is 22.3. The summed E-state index contributed by atoms with van der Waals surface area (Å²) in [5, 5.41) is 0. The average Bonchev–Trinajstić information content (AvgIpc) is 3.14. The summed E-state index contributed by atoms with van der Waals surface area (Å²) in [6, 6.07) is 0. The second-order valence-electron chi connectivity index (χ2n) is 13.5. The highest BCUT2D eigenvalue weighted by atomic mass is 31.2. The summed E-state index contributed by atoms with van der Waals surface area (Å²) in [5.74, 6) is -0.976. The van der Waals surface area contributed by atoms with Crippen LogP contribution in [0.1, 0.15) is 168 Å². The summed E-state index contributed by atoms with van der Waals surface area (Å²) in [6.45, 7) is 3.50. The van der Waals surface area contributed by atoms with E-state index in [1.165, 1.54) is 89.9 Å². The third kappa shape index (κ3) is 39.2. The molecule has 0 spiro atoms. The molecule has 0 aliphatic heterocycles. The Bertz CT molecular complexity index is 1050. The minimum atomic E-state index is -4.40. The Balaban J connectivity index is 4.28. The molecule has 0 rings (SSSR count). The summed E-state index contributed by atoms with van der Waals surface area (Å²) in [7, 11) is -4.40. The number of esters is 2. The zero-order chi connectivity index (χ0) is 38.9. The Morgan fingerprint density at radius 2 is 1.02 bits per heavy atom. The average molecular weight is 766 g/mol. The van der Waals surface area contributed by atoms with Gasteiger partial charge in [0.05, 0.1) is 19.6 Å². The zero-order valence-electron chi connectivity index (χ0n) is 33.5. The van der Waals surface area contributed by atoms with Gasteiger partial charge >= 0.3 is 19.8 Å². The van der Waals surface area contributed by atoms with E-state index in [1.54, 1.807) is 6.08 Å². The molecule has 0 aliphatic rings. The van der Waals surface area contributed by atoms with Crippen LogP contribution in [0.25, 0.3) is 0 Å². The Labute approximate surface area is 323 Å². The molecular formula is C43H76NO8P. The van der Waals surface area contributed by atoms with Gasteiger partial charge in [0.1, 0.15) is 6.61 Å². The number of hydrogen-bond donors (Lipinski definition) is 2. The standard InChI is InChI=1S/C43H76NO8P/c1-3-5-7-9-11-13-15-17-19-20-22-23-25-27-29-31-33-35-42(45)49-39-41(40-51-53(47,48)50-38-37-44)52-43(46)36-34-32-30-28-26-24-21-18-16-14-12-10-8-6-4-2/h6,8,12,14,18,21,26,28,32,34,41H,3-5,7,9-11,13,15-17,19-20,22-25,27,29-31,33,35-40,44H2,1-2H3,(H,47,48)/b8-6-,14-12-,21-18-,28-26-,34-32-. The molecule has 306 valence electrons. The van der Waals surface area contributed by atoms with Gasteiger partial charge in [-0.3, -0.25) is 18.6 Å². The van der Waals surface area contributed by atoms with Crippen LogP contribution in [0.15, 0.2) is 60.8 Å². The van der Waals surface area contributed by atoms with Gasteiger partial charge in [-0.2, -0.15) is 0 Å². The second kappa shape index (κ2) is 39.4. The van der Waals surface area contributed by atoms with Gasteiger partial charge in [0.15, 0.2) is 6.10 Å². The maximum atomic E-state index is 12.5. The Kier molecular flexibility index (Phi) is 37.7. The van der Waals surface area contributed by atoms with Crippen LogP contribution < -0.4 is 5.73 Å². The summed E-state index contributed by atoms with van der Waals surface area (Å²) in [4.78, 5) is 34.7. The van der Waals surface area contributed by atoms with Crippen LogP contribution in [0.2, 0.25) is 0 Å². The van der Waals surface area contributed by atoms with Gasteiger partial charge < -0.3 is 20.1 Å². The van der Waals surface area contributed by atoms with Gasteiger partial charge in [-0.1, -0.05) is 177 Å². The molecular weight excluding hydrogens is 689 g/mol. The van der Waals surface area contributed by atoms with Crippen molar-refractivity contribution in [1.82, 2.24) is 0 Å². The van der Waals surface area contributed by atoms with E-state index >= 15 is 0 Å². The van der Waals surface area contributed by atoms with Crippen molar-refractivity contribution in [2.75, 3.05) is 26.4 Å². The molecule has 0 aliphatic carbocycles. The van der Waals surface area contributed by atoms with E-state index in [2.05, 4.69) is 56.4 Å². The monoisotopic (exact) mass is 766 g/mol. The van der Waals surface area contributed by atoms with Crippen molar-refractivity contribution in [1.29, 1.82) is 0 Å². The minimum absolute atomic E-state index is 0.00230. The predicted octanol–water partition coefficient (Wildman–Crippen LogP) is 11.7. The lowest BCUT2D eigenvalue weighted by atomic mass is 10.0. The number of hydrogen-bond acceptors (Lipinski definition) is 8. The molecule has 0 amide bonds. The molecule has 0 radical (unpaired) electrons. The van der Waals surface area contributed by atoms with Crippen LogP contribution in [0.3, 0.4) is 0 Å². The maximum absolute atomic E-state index is 12.5. The minimum Gasteiger partial charge on any atom is -0.462 e. The van der Waals surface area contributed by atoms with Crippen LogP contribution in [0.5, 0.6) is 0 Å². The number of rotatable bonds is 38. The fourth-order valence-electron chi connectivity index (χ4n) is 5.42. The van der Waals surface area contributed by atoms with Crippen molar-refractivity contribution in [2.24, 2.45) is 5.73 Å². The molecule has 0 aromatic rings. The van der Waals surface area contributed by atoms with Crippen LogP contribution >= 0.6 is 7.82 Å². The first-order valence-electron chi connectivity index (χ1n) is 20.8. The van der Waals surface area contributed by atoms with E-state index in [0.29, 0.717) is 6.42 Å². The first kappa shape index (κ1) is 50.7. The molecule has 2 unspecified atom stereocenters. The SMILES string of the molecule is CC/C=C\C/C=C\C/C=C\C/C=C\C/C=C\CC(=O)OC(COC(=O)CCCCCCCCCCCCCCCCCCC)COP(=O)(O)OCCN. The molecule has 0 bridgehead atoms. The largest absolute Gasteiger partial charge is 0.472 e. The second-order valence-corrected chi connectivity index (χ2v) is 15.0. The smallest absolute Gasteiger partial charge is 0.462 e. The number of unbranched alkanes of at least 4 members (excludes halogenated alkanes) is 16. The van der Waals surface area contributed by atoms with E-state index in [-0.39, 0.29) is 32.6 Å². The van der Waals surface area contributed by atoms with E-state index in [4.69, 9.17) is 24.3 Å². The van der Waals surface area contributed by atoms with Crippen molar-refractivity contribution in [3.8, 4) is 0 Å². The number of ether oxygens (including phenoxy) is 2. The summed E-state index contributed by atoms with van der Waals surface area (Å²) < 4.78 is 32.6. The molecule has 3 N–H and O–H groups in total. The van der Waals surface area contributed by atoms with E-state index in [0.717, 1.165) is 44.9 Å². The predicted molar refractivity (Wildman–Crippen MR) is 219 cm³/mol. The van der Waals surface area contributed by atoms with Gasteiger partial charge in [0.25, 0.3) is 0 Å². The quantitative estimate of drug-likeness (QED) is 0.0272. The highest BCUT2D eigenvalue weighted by Gasteiger charge is 2.25. The van der Waals surface area contributed by atoms with Gasteiger partial charge in [0, 0.05) is 13.0 Å². The molecule has 0 aromatic carbocycles. The van der Waals surface area contributed by atoms with Crippen LogP contribution in [-0.4, -0.2) is 49.3 Å². The lowest BCUT2D eigenvalue weighted by Crippen LogP contribution is -2.29. The first-order chi connectivity index (χ1) is 25.8. The molecule has 0 aromatic heterocycles. The molecule has 0 saturated heterocycles. The lowest BCUT2D eigenvalue weighted by Gasteiger charge is -2.19. The molecule has 2 atom stereocenters. The Morgan fingerprint density at radius 1 is 0.585 bits per heavy atom. The zero-order valence-corrected chi connectivity index (χ0v) is 34.4. The molecule has 9 nitrogen and oxygen atoms in total. The molecule has 0 saturated carbocycles. The number of nitrogens with two attached hydrogens (primary N) is 1. The van der Waals surface area contributed by atoms with Crippen molar-refractivity contribution in [3.05, 3.63) is 60.8 Å². The van der Waals surface area contributed by atoms with Crippen molar-refractivity contribution >= 4 is 19.8 Å². The molecule has 0 heterocycles. The number of carbonyl (C=O) groups excluding carboxylic acids is 2. The normalized spacial score (nSPS) is 14.0. The van der Waals surface area contributed by atoms with Crippen LogP contribution in [0, 0.1) is 0 Å². The molecule has 53 heavy (non-hydrogen) atoms. The highest BCUT2D eigenvalue weighted by molar-refractivity contribution is 7.47. The van der Waals surface area contributed by atoms with E-state index in [9.17, 15) is 19.0 Å². The topological polar surface area (TPSA) is 134 Å². The fraction of sp³-hybridized carbons (Fsp3) is 0.721. The van der Waals surface area contributed by atoms with Crippen LogP contribution in [0.4, 0.5) is 0 Å². The van der Waals surface area contributed by atoms with Crippen molar-refractivity contribution in [2.45, 2.75) is 174 Å². The third-order valence-electron chi connectivity index (χ3n) is 8.45. The van der Waals surface area contributed by atoms with E-state index in [1.807, 2.05) is 12.2 Å². The van der Waals surface area contributed by atoms with Crippen molar-refractivity contribution < 1.29 is 37.6 Å². The molecule has 10 heteroatoms. The van der Waals surface area contributed by atoms with Gasteiger partial charge in [-0.15, -0.1) is 0 Å². The highest BCUT2D eigenvalue weighted by Crippen LogP contribution is 2.43. The van der Waals surface area contributed by atoms with Crippen molar-refractivity contribution in [3.63, 3.8) is 0 Å². The molecule has 0 fully saturated rings. The Hall–Kier alpha value is -2.29. The number of phosphoric ester groups is 1. The lowest BCUT2D eigenvalue weighted by molar-refractivity contribution is -0.160. The van der Waals surface area contributed by atoms with Crippen LogP contribution in [-0.2, 0) is 32.7 Å². The van der Waals surface area contributed by atoms with Gasteiger partial charge in [0.2, 0.25) is 0 Å². The number of carbonyl (C=O) groups is 2. The maximum Gasteiger partial charge on any atom is 0.472 e. The number of allylic oxidation sites excluding steroid dienone is 9. The number of phosphoric acid groups is 1. The summed E-state index contributed by atoms with van der Waals surface area (Å²) in [5.41, 5.74) is 5.33. The van der Waals surface area contributed by atoms with E-state index < -0.39 is 32.5 Å². The summed E-state index contributed by atoms with van der Waals surface area (Å²) >= 11 is 0. The fourth-order valence-corrected chi connectivity index (χ4v) is 6.18. The Morgan fingerprint density at radius 3 is 1.47 bits per heavy atom.